The van der Waals surface area contributed by atoms with Crippen molar-refractivity contribution < 1.29 is 13.6 Å². The van der Waals surface area contributed by atoms with Crippen LogP contribution >= 0.6 is 11.3 Å². The molecule has 1 saturated heterocycles. The number of halogens is 2. The van der Waals surface area contributed by atoms with Gasteiger partial charge in [0, 0.05) is 20.1 Å². The molecule has 0 unspecified atom stereocenters. The molecule has 0 radical (unpaired) electrons. The topological polar surface area (TPSA) is 32.7 Å². The molecule has 3 nitrogen and oxygen atoms in total. The van der Waals surface area contributed by atoms with Crippen molar-refractivity contribution in [3.05, 3.63) is 33.0 Å². The second-order valence-corrected chi connectivity index (χ2v) is 8.01. The van der Waals surface area contributed by atoms with Crippen molar-refractivity contribution in [3.63, 3.8) is 0 Å². The van der Waals surface area contributed by atoms with E-state index in [1.54, 1.807) is 24.9 Å². The van der Waals surface area contributed by atoms with E-state index in [0.717, 1.165) is 10.5 Å². The SMILES string of the molecule is C/N=C(\C(C)=C(/C)C(C)(C)F)c1ccc(C(=O)N2CCC(F)CC2)s1. The highest BCUT2D eigenvalue weighted by Gasteiger charge is 2.26. The first-order valence-corrected chi connectivity index (χ1v) is 9.34. The van der Waals surface area contributed by atoms with Crippen molar-refractivity contribution in [2.45, 2.75) is 52.4 Å². The smallest absolute Gasteiger partial charge is 0.263 e. The number of thiophene rings is 1. The van der Waals surface area contributed by atoms with Crippen LogP contribution in [0.2, 0.25) is 0 Å². The molecule has 0 atom stereocenters. The predicted octanol–water partition coefficient (Wildman–Crippen LogP) is 4.83. The molecule has 6 heteroatoms. The van der Waals surface area contributed by atoms with E-state index in [4.69, 9.17) is 0 Å². The first kappa shape index (κ1) is 19.8. The summed E-state index contributed by atoms with van der Waals surface area (Å²) in [6, 6.07) is 3.63. The zero-order chi connectivity index (χ0) is 18.8. The molecule has 0 saturated carbocycles. The molecule has 1 aliphatic heterocycles. The molecule has 1 aromatic rings. The van der Waals surface area contributed by atoms with Crippen molar-refractivity contribution in [2.75, 3.05) is 20.1 Å². The molecule has 0 bridgehead atoms. The zero-order valence-electron chi connectivity index (χ0n) is 15.5. The molecule has 0 spiro atoms. The minimum atomic E-state index is -1.42. The monoisotopic (exact) mass is 368 g/mol. The zero-order valence-corrected chi connectivity index (χ0v) is 16.3. The van der Waals surface area contributed by atoms with E-state index >= 15 is 0 Å². The molecule has 2 rings (SSSR count). The van der Waals surface area contributed by atoms with Crippen molar-refractivity contribution in [3.8, 4) is 0 Å². The fourth-order valence-corrected chi connectivity index (χ4v) is 3.94. The number of rotatable bonds is 4. The van der Waals surface area contributed by atoms with Gasteiger partial charge in [-0.3, -0.25) is 9.79 Å². The Bertz CT molecular complexity index is 693. The average molecular weight is 368 g/mol. The number of amides is 1. The Hall–Kier alpha value is -1.56. The van der Waals surface area contributed by atoms with Crippen LogP contribution in [-0.2, 0) is 0 Å². The molecule has 0 N–H and O–H groups in total. The van der Waals surface area contributed by atoms with Crippen LogP contribution in [0.25, 0.3) is 0 Å². The number of hydrogen-bond acceptors (Lipinski definition) is 3. The van der Waals surface area contributed by atoms with Gasteiger partial charge in [-0.2, -0.15) is 0 Å². The first-order chi connectivity index (χ1) is 11.6. The lowest BCUT2D eigenvalue weighted by Gasteiger charge is -2.28. The van der Waals surface area contributed by atoms with Crippen molar-refractivity contribution in [2.24, 2.45) is 4.99 Å². The molecule has 0 aliphatic carbocycles. The number of carbonyl (C=O) groups excluding carboxylic acids is 1. The lowest BCUT2D eigenvalue weighted by Crippen LogP contribution is -2.38. The molecule has 2 heterocycles. The first-order valence-electron chi connectivity index (χ1n) is 8.52. The largest absolute Gasteiger partial charge is 0.338 e. The van der Waals surface area contributed by atoms with E-state index in [1.807, 2.05) is 13.0 Å². The van der Waals surface area contributed by atoms with Crippen LogP contribution in [0.5, 0.6) is 0 Å². The molecule has 0 aromatic carbocycles. The number of alkyl halides is 2. The van der Waals surface area contributed by atoms with Crippen LogP contribution in [0.1, 0.15) is 55.1 Å². The summed E-state index contributed by atoms with van der Waals surface area (Å²) in [4.78, 5) is 20.1. The molecule has 1 aliphatic rings. The molecule has 1 fully saturated rings. The normalized spacial score (nSPS) is 18.4. The lowest BCUT2D eigenvalue weighted by molar-refractivity contribution is 0.0672. The highest BCUT2D eigenvalue weighted by atomic mass is 32.1. The summed E-state index contributed by atoms with van der Waals surface area (Å²) in [7, 11) is 1.67. The van der Waals surface area contributed by atoms with Gasteiger partial charge in [-0.15, -0.1) is 11.3 Å². The third-order valence-electron chi connectivity index (χ3n) is 4.79. The Labute approximate surface area is 152 Å². The molecule has 1 aromatic heterocycles. The van der Waals surface area contributed by atoms with Gasteiger partial charge in [0.25, 0.3) is 5.91 Å². The van der Waals surface area contributed by atoms with Crippen molar-refractivity contribution in [1.29, 1.82) is 0 Å². The van der Waals surface area contributed by atoms with Gasteiger partial charge in [0.05, 0.1) is 15.5 Å². The van der Waals surface area contributed by atoms with Gasteiger partial charge in [-0.1, -0.05) is 0 Å². The molecular weight excluding hydrogens is 342 g/mol. The third-order valence-corrected chi connectivity index (χ3v) is 5.87. The summed E-state index contributed by atoms with van der Waals surface area (Å²) >= 11 is 1.35. The number of hydrogen-bond donors (Lipinski definition) is 0. The van der Waals surface area contributed by atoms with Gasteiger partial charge < -0.3 is 4.90 Å². The number of nitrogens with zero attached hydrogens (tertiary/aromatic N) is 2. The van der Waals surface area contributed by atoms with E-state index in [9.17, 15) is 13.6 Å². The van der Waals surface area contributed by atoms with Gasteiger partial charge in [0.15, 0.2) is 0 Å². The number of allylic oxidation sites excluding steroid dienone is 2. The molecule has 138 valence electrons. The second-order valence-electron chi connectivity index (χ2n) is 6.93. The number of carbonyl (C=O) groups is 1. The van der Waals surface area contributed by atoms with Crippen LogP contribution in [0.15, 0.2) is 28.3 Å². The number of likely N-dealkylation sites (tertiary alicyclic amines) is 1. The Balaban J connectivity index is 2.23. The summed E-state index contributed by atoms with van der Waals surface area (Å²) in [5.41, 5.74) is 0.690. The average Bonchev–Trinajstić information content (AvgIpc) is 3.03. The summed E-state index contributed by atoms with van der Waals surface area (Å²) in [6.07, 6.45) is -0.00197. The van der Waals surface area contributed by atoms with Crippen molar-refractivity contribution in [1.82, 2.24) is 4.90 Å². The molecular formula is C19H26F2N2OS. The number of aliphatic imine (C=N–C) groups is 1. The van der Waals surface area contributed by atoms with Gasteiger partial charge in [-0.25, -0.2) is 8.78 Å². The Morgan fingerprint density at radius 2 is 1.80 bits per heavy atom. The minimum absolute atomic E-state index is 0.0669. The van der Waals surface area contributed by atoms with E-state index < -0.39 is 11.8 Å². The highest BCUT2D eigenvalue weighted by molar-refractivity contribution is 7.16. The van der Waals surface area contributed by atoms with E-state index in [2.05, 4.69) is 4.99 Å². The fourth-order valence-electron chi connectivity index (χ4n) is 2.87. The van der Waals surface area contributed by atoms with E-state index in [1.165, 1.54) is 25.2 Å². The molecule has 1 amide bonds. The van der Waals surface area contributed by atoms with E-state index in [-0.39, 0.29) is 5.91 Å². The maximum absolute atomic E-state index is 14.3. The summed E-state index contributed by atoms with van der Waals surface area (Å²) < 4.78 is 27.5. The standard InChI is InChI=1S/C19H26F2N2OS/c1-12(13(2)19(3,4)21)17(22-5)15-6-7-16(25-15)18(24)23-10-8-14(20)9-11-23/h6-7,14H,8-11H2,1-5H3/b13-12+,22-17+. The van der Waals surface area contributed by atoms with Gasteiger partial charge in [-0.05, 0) is 63.8 Å². The van der Waals surface area contributed by atoms with Crippen LogP contribution in [0, 0.1) is 0 Å². The summed E-state index contributed by atoms with van der Waals surface area (Å²) in [5, 5.41) is 0. The van der Waals surface area contributed by atoms with Crippen LogP contribution in [0.3, 0.4) is 0 Å². The lowest BCUT2D eigenvalue weighted by atomic mass is 9.94. The second kappa shape index (κ2) is 7.77. The summed E-state index contributed by atoms with van der Waals surface area (Å²) in [5.74, 6) is -0.0669. The van der Waals surface area contributed by atoms with Crippen molar-refractivity contribution >= 4 is 23.0 Å². The summed E-state index contributed by atoms with van der Waals surface area (Å²) in [6.45, 7) is 7.58. The van der Waals surface area contributed by atoms with Crippen LogP contribution in [-0.4, -0.2) is 48.5 Å². The Morgan fingerprint density at radius 3 is 2.32 bits per heavy atom. The van der Waals surface area contributed by atoms with Gasteiger partial charge >= 0.3 is 0 Å². The van der Waals surface area contributed by atoms with Gasteiger partial charge in [0.2, 0.25) is 0 Å². The highest BCUT2D eigenvalue weighted by Crippen LogP contribution is 2.28. The maximum Gasteiger partial charge on any atom is 0.263 e. The Kier molecular flexibility index (Phi) is 6.14. The van der Waals surface area contributed by atoms with Gasteiger partial charge in [0.1, 0.15) is 11.8 Å². The maximum atomic E-state index is 14.3. The molecule has 25 heavy (non-hydrogen) atoms. The van der Waals surface area contributed by atoms with E-state index in [0.29, 0.717) is 42.1 Å². The fraction of sp³-hybridized carbons (Fsp3) is 0.579. The third kappa shape index (κ3) is 4.54. The van der Waals surface area contributed by atoms with Crippen LogP contribution < -0.4 is 0 Å². The Morgan fingerprint density at radius 1 is 1.24 bits per heavy atom. The minimum Gasteiger partial charge on any atom is -0.338 e. The number of piperidine rings is 1. The van der Waals surface area contributed by atoms with Crippen LogP contribution in [0.4, 0.5) is 8.78 Å². The quantitative estimate of drug-likeness (QED) is 0.701. The predicted molar refractivity (Wildman–Crippen MR) is 100 cm³/mol.